The van der Waals surface area contributed by atoms with Crippen LogP contribution in [0.25, 0.3) is 0 Å². The molecule has 1 N–H and O–H groups in total. The van der Waals surface area contributed by atoms with E-state index in [1.54, 1.807) is 0 Å². The summed E-state index contributed by atoms with van der Waals surface area (Å²) < 4.78 is 4.95. The molecule has 0 rings (SSSR count). The number of aliphatic carboxylic acids is 1. The summed E-state index contributed by atoms with van der Waals surface area (Å²) in [6.07, 6.45) is 5.99. The molecule has 0 fully saturated rings. The number of ether oxygens (including phenoxy) is 1. The van der Waals surface area contributed by atoms with E-state index >= 15 is 0 Å². The zero-order valence-corrected chi connectivity index (χ0v) is 9.94. The van der Waals surface area contributed by atoms with Crippen LogP contribution < -0.4 is 0 Å². The maximum absolute atomic E-state index is 11.1. The maximum Gasteiger partial charge on any atom is 0.331 e. The molecule has 0 unspecified atom stereocenters. The standard InChI is InChI=1S/C12H20O4/c1-3-5-6-10(4-2)9-16-12(15)8-7-11(13)14/h7-8,10H,3-6,9H2,1-2H3,(H,13,14)/t10-/m0/s1. The molecule has 0 radical (unpaired) electrons. The maximum atomic E-state index is 11.1. The monoisotopic (exact) mass is 228 g/mol. The second-order valence-electron chi connectivity index (χ2n) is 3.72. The average molecular weight is 228 g/mol. The average Bonchev–Trinajstić information content (AvgIpc) is 2.26. The molecule has 0 amide bonds. The van der Waals surface area contributed by atoms with Crippen LogP contribution in [0, 0.1) is 5.92 Å². The molecule has 0 saturated heterocycles. The number of carbonyl (C=O) groups excluding carboxylic acids is 1. The molecule has 4 heteroatoms. The van der Waals surface area contributed by atoms with Crippen LogP contribution >= 0.6 is 0 Å². The molecule has 1 atom stereocenters. The smallest absolute Gasteiger partial charge is 0.331 e. The number of hydrogen-bond donors (Lipinski definition) is 1. The number of rotatable bonds is 8. The van der Waals surface area contributed by atoms with E-state index < -0.39 is 11.9 Å². The van der Waals surface area contributed by atoms with Crippen LogP contribution in [0.2, 0.25) is 0 Å². The van der Waals surface area contributed by atoms with Gasteiger partial charge in [-0.3, -0.25) is 0 Å². The van der Waals surface area contributed by atoms with Gasteiger partial charge in [0.05, 0.1) is 6.61 Å². The zero-order valence-electron chi connectivity index (χ0n) is 9.94. The fourth-order valence-corrected chi connectivity index (χ4v) is 1.29. The summed E-state index contributed by atoms with van der Waals surface area (Å²) in [4.78, 5) is 21.2. The second kappa shape index (κ2) is 8.95. The topological polar surface area (TPSA) is 63.6 Å². The van der Waals surface area contributed by atoms with Gasteiger partial charge in [0.1, 0.15) is 0 Å². The molecule has 0 saturated carbocycles. The van der Waals surface area contributed by atoms with Gasteiger partial charge < -0.3 is 9.84 Å². The van der Waals surface area contributed by atoms with Gasteiger partial charge in [0.2, 0.25) is 0 Å². The number of unbranched alkanes of at least 4 members (excludes halogenated alkanes) is 1. The van der Waals surface area contributed by atoms with Gasteiger partial charge in [0.15, 0.2) is 0 Å². The van der Waals surface area contributed by atoms with Gasteiger partial charge in [0.25, 0.3) is 0 Å². The van der Waals surface area contributed by atoms with Crippen LogP contribution in [0.3, 0.4) is 0 Å². The summed E-state index contributed by atoms with van der Waals surface area (Å²) in [5.74, 6) is -1.35. The Morgan fingerprint density at radius 2 is 2.00 bits per heavy atom. The molecule has 0 aliphatic carbocycles. The van der Waals surface area contributed by atoms with Crippen LogP contribution in [-0.4, -0.2) is 23.7 Å². The Kier molecular flexibility index (Phi) is 8.21. The highest BCUT2D eigenvalue weighted by atomic mass is 16.5. The quantitative estimate of drug-likeness (QED) is 0.511. The van der Waals surface area contributed by atoms with Crippen LogP contribution in [0.5, 0.6) is 0 Å². The Hall–Kier alpha value is -1.32. The van der Waals surface area contributed by atoms with Crippen LogP contribution in [0.1, 0.15) is 39.5 Å². The number of carboxylic acid groups (broad SMARTS) is 1. The Morgan fingerprint density at radius 1 is 1.31 bits per heavy atom. The minimum Gasteiger partial charge on any atom is -0.478 e. The highest BCUT2D eigenvalue weighted by Crippen LogP contribution is 2.12. The minimum absolute atomic E-state index is 0.374. The largest absolute Gasteiger partial charge is 0.478 e. The molecule has 4 nitrogen and oxygen atoms in total. The van der Waals surface area contributed by atoms with E-state index in [-0.39, 0.29) is 0 Å². The normalized spacial score (nSPS) is 12.6. The van der Waals surface area contributed by atoms with Crippen molar-refractivity contribution >= 4 is 11.9 Å². The first-order valence-electron chi connectivity index (χ1n) is 5.67. The zero-order chi connectivity index (χ0) is 12.4. The lowest BCUT2D eigenvalue weighted by Crippen LogP contribution is -2.12. The van der Waals surface area contributed by atoms with Gasteiger partial charge in [-0.2, -0.15) is 0 Å². The van der Waals surface area contributed by atoms with E-state index in [9.17, 15) is 9.59 Å². The van der Waals surface area contributed by atoms with Crippen molar-refractivity contribution in [3.8, 4) is 0 Å². The third-order valence-corrected chi connectivity index (χ3v) is 2.37. The molecule has 0 heterocycles. The van der Waals surface area contributed by atoms with Gasteiger partial charge in [-0.1, -0.05) is 33.1 Å². The molecule has 0 aliphatic rings. The predicted molar refractivity (Wildman–Crippen MR) is 61.0 cm³/mol. The summed E-state index contributed by atoms with van der Waals surface area (Å²) in [7, 11) is 0. The van der Waals surface area contributed by atoms with E-state index in [0.717, 1.165) is 37.8 Å². The first-order valence-corrected chi connectivity index (χ1v) is 5.67. The molecule has 0 aromatic rings. The third-order valence-electron chi connectivity index (χ3n) is 2.37. The lowest BCUT2D eigenvalue weighted by atomic mass is 10.0. The van der Waals surface area contributed by atoms with Crippen molar-refractivity contribution in [2.75, 3.05) is 6.61 Å². The van der Waals surface area contributed by atoms with Crippen molar-refractivity contribution in [3.05, 3.63) is 12.2 Å². The van der Waals surface area contributed by atoms with E-state index in [4.69, 9.17) is 9.84 Å². The Balaban J connectivity index is 3.83. The van der Waals surface area contributed by atoms with E-state index in [1.807, 2.05) is 0 Å². The van der Waals surface area contributed by atoms with Crippen LogP contribution in [0.15, 0.2) is 12.2 Å². The number of carbonyl (C=O) groups is 2. The van der Waals surface area contributed by atoms with Gasteiger partial charge in [-0.05, 0) is 12.3 Å². The Labute approximate surface area is 96.3 Å². The third kappa shape index (κ3) is 8.03. The van der Waals surface area contributed by atoms with Crippen molar-refractivity contribution in [2.45, 2.75) is 39.5 Å². The number of hydrogen-bond acceptors (Lipinski definition) is 3. The molecule has 0 bridgehead atoms. The molecular weight excluding hydrogens is 208 g/mol. The molecular formula is C12H20O4. The second-order valence-corrected chi connectivity index (χ2v) is 3.72. The molecule has 92 valence electrons. The van der Waals surface area contributed by atoms with Crippen molar-refractivity contribution in [3.63, 3.8) is 0 Å². The molecule has 0 aromatic heterocycles. The van der Waals surface area contributed by atoms with Crippen molar-refractivity contribution in [2.24, 2.45) is 5.92 Å². The summed E-state index contributed by atoms with van der Waals surface area (Å²) >= 11 is 0. The van der Waals surface area contributed by atoms with E-state index in [0.29, 0.717) is 12.5 Å². The van der Waals surface area contributed by atoms with Crippen LogP contribution in [-0.2, 0) is 14.3 Å². The lowest BCUT2D eigenvalue weighted by molar-refractivity contribution is -0.140. The van der Waals surface area contributed by atoms with Crippen molar-refractivity contribution in [1.82, 2.24) is 0 Å². The first kappa shape index (κ1) is 14.7. The predicted octanol–water partition coefficient (Wildman–Crippen LogP) is 2.39. The van der Waals surface area contributed by atoms with Crippen molar-refractivity contribution < 1.29 is 19.4 Å². The number of esters is 1. The summed E-state index contributed by atoms with van der Waals surface area (Å²) in [5, 5.41) is 8.31. The Morgan fingerprint density at radius 3 is 2.50 bits per heavy atom. The SMILES string of the molecule is CCCC[C@H](CC)COC(=O)C=CC(=O)O. The van der Waals surface area contributed by atoms with Gasteiger partial charge in [0, 0.05) is 12.2 Å². The van der Waals surface area contributed by atoms with Crippen LogP contribution in [0.4, 0.5) is 0 Å². The highest BCUT2D eigenvalue weighted by molar-refractivity contribution is 5.90. The summed E-state index contributed by atoms with van der Waals surface area (Å²) in [6.45, 7) is 4.55. The van der Waals surface area contributed by atoms with Gasteiger partial charge in [-0.15, -0.1) is 0 Å². The molecule has 0 spiro atoms. The fraction of sp³-hybridized carbons (Fsp3) is 0.667. The summed E-state index contributed by atoms with van der Waals surface area (Å²) in [5.41, 5.74) is 0. The van der Waals surface area contributed by atoms with Crippen molar-refractivity contribution in [1.29, 1.82) is 0 Å². The molecule has 0 aliphatic heterocycles. The van der Waals surface area contributed by atoms with Gasteiger partial charge >= 0.3 is 11.9 Å². The Bertz CT molecular complexity index is 245. The summed E-state index contributed by atoms with van der Waals surface area (Å²) in [6, 6.07) is 0. The first-order chi connectivity index (χ1) is 7.60. The minimum atomic E-state index is -1.14. The lowest BCUT2D eigenvalue weighted by Gasteiger charge is -2.13. The molecule has 16 heavy (non-hydrogen) atoms. The fourth-order valence-electron chi connectivity index (χ4n) is 1.29. The van der Waals surface area contributed by atoms with Gasteiger partial charge in [-0.25, -0.2) is 9.59 Å². The van der Waals surface area contributed by atoms with E-state index in [1.165, 1.54) is 0 Å². The number of carboxylic acids is 1. The highest BCUT2D eigenvalue weighted by Gasteiger charge is 2.08. The molecule has 0 aromatic carbocycles. The van der Waals surface area contributed by atoms with E-state index in [2.05, 4.69) is 13.8 Å².